The van der Waals surface area contributed by atoms with E-state index in [9.17, 15) is 0 Å². The zero-order chi connectivity index (χ0) is 14.0. The Kier molecular flexibility index (Phi) is 4.02. The van der Waals surface area contributed by atoms with Crippen LogP contribution in [0.1, 0.15) is 5.56 Å². The molecule has 2 rings (SSSR count). The largest absolute Gasteiger partial charge is 0.495 e. The van der Waals surface area contributed by atoms with Crippen molar-refractivity contribution in [3.8, 4) is 5.75 Å². The van der Waals surface area contributed by atoms with E-state index in [1.54, 1.807) is 25.3 Å². The van der Waals surface area contributed by atoms with E-state index in [0.717, 1.165) is 11.3 Å². The van der Waals surface area contributed by atoms with Crippen LogP contribution in [0.4, 0.5) is 17.2 Å². The van der Waals surface area contributed by atoms with Crippen molar-refractivity contribution in [1.82, 2.24) is 4.98 Å². The lowest BCUT2D eigenvalue weighted by atomic mass is 10.2. The molecule has 0 bridgehead atoms. The molecule has 19 heavy (non-hydrogen) atoms. The van der Waals surface area contributed by atoms with Crippen molar-refractivity contribution >= 4 is 40.4 Å². The predicted molar refractivity (Wildman–Crippen MR) is 79.7 cm³/mol. The number of hydrogen-bond donors (Lipinski definition) is 2. The van der Waals surface area contributed by atoms with Gasteiger partial charge >= 0.3 is 0 Å². The molecule has 4 nitrogen and oxygen atoms in total. The Morgan fingerprint density at radius 2 is 2.00 bits per heavy atom. The Morgan fingerprint density at radius 3 is 2.68 bits per heavy atom. The van der Waals surface area contributed by atoms with Crippen LogP contribution in [0.15, 0.2) is 24.3 Å². The first-order chi connectivity index (χ1) is 9.01. The van der Waals surface area contributed by atoms with Crippen LogP contribution in [0, 0.1) is 6.92 Å². The Morgan fingerprint density at radius 1 is 1.26 bits per heavy atom. The van der Waals surface area contributed by atoms with Gasteiger partial charge in [0.2, 0.25) is 0 Å². The van der Waals surface area contributed by atoms with Gasteiger partial charge in [-0.3, -0.25) is 0 Å². The lowest BCUT2D eigenvalue weighted by Crippen LogP contribution is -2.01. The molecule has 0 spiro atoms. The SMILES string of the molecule is COc1cc(Cl)c(C)cc1Nc1nc(Cl)ccc1N. The number of hydrogen-bond acceptors (Lipinski definition) is 4. The van der Waals surface area contributed by atoms with Crippen molar-refractivity contribution < 1.29 is 4.74 Å². The summed E-state index contributed by atoms with van der Waals surface area (Å²) in [5, 5.41) is 4.09. The number of anilines is 3. The van der Waals surface area contributed by atoms with E-state index in [4.69, 9.17) is 33.7 Å². The molecule has 1 aromatic heterocycles. The molecule has 100 valence electrons. The second kappa shape index (κ2) is 5.55. The maximum Gasteiger partial charge on any atom is 0.155 e. The number of aryl methyl sites for hydroxylation is 1. The van der Waals surface area contributed by atoms with E-state index in [1.807, 2.05) is 13.0 Å². The monoisotopic (exact) mass is 297 g/mol. The van der Waals surface area contributed by atoms with E-state index in [0.29, 0.717) is 27.4 Å². The fraction of sp³-hybridized carbons (Fsp3) is 0.154. The molecule has 0 unspecified atom stereocenters. The van der Waals surface area contributed by atoms with E-state index >= 15 is 0 Å². The third kappa shape index (κ3) is 3.03. The van der Waals surface area contributed by atoms with Gasteiger partial charge in [-0.1, -0.05) is 23.2 Å². The Hall–Kier alpha value is -1.65. The third-order valence-corrected chi connectivity index (χ3v) is 3.24. The molecule has 0 aliphatic carbocycles. The number of ether oxygens (including phenoxy) is 1. The summed E-state index contributed by atoms with van der Waals surface area (Å²) in [6, 6.07) is 6.92. The summed E-state index contributed by atoms with van der Waals surface area (Å²) < 4.78 is 5.27. The Balaban J connectivity index is 2.42. The first kappa shape index (κ1) is 13.8. The van der Waals surface area contributed by atoms with Gasteiger partial charge in [-0.05, 0) is 30.7 Å². The Labute approximate surface area is 121 Å². The predicted octanol–water partition coefficient (Wildman–Crippen LogP) is 4.03. The molecule has 0 atom stereocenters. The van der Waals surface area contributed by atoms with Crippen molar-refractivity contribution in [1.29, 1.82) is 0 Å². The van der Waals surface area contributed by atoms with Crippen LogP contribution >= 0.6 is 23.2 Å². The molecule has 6 heteroatoms. The zero-order valence-electron chi connectivity index (χ0n) is 10.5. The summed E-state index contributed by atoms with van der Waals surface area (Å²) in [7, 11) is 1.57. The third-order valence-electron chi connectivity index (χ3n) is 2.63. The maximum absolute atomic E-state index is 6.05. The maximum atomic E-state index is 6.05. The highest BCUT2D eigenvalue weighted by Crippen LogP contribution is 2.34. The minimum Gasteiger partial charge on any atom is -0.495 e. The molecule has 0 saturated carbocycles. The van der Waals surface area contributed by atoms with Gasteiger partial charge in [0.25, 0.3) is 0 Å². The molecule has 2 aromatic rings. The van der Waals surface area contributed by atoms with Crippen molar-refractivity contribution in [2.75, 3.05) is 18.2 Å². The van der Waals surface area contributed by atoms with Gasteiger partial charge in [0.05, 0.1) is 18.5 Å². The topological polar surface area (TPSA) is 60.2 Å². The molecule has 1 aromatic carbocycles. The van der Waals surface area contributed by atoms with Gasteiger partial charge in [0, 0.05) is 11.1 Å². The van der Waals surface area contributed by atoms with Crippen LogP contribution in [0.3, 0.4) is 0 Å². The average Bonchev–Trinajstić information content (AvgIpc) is 2.38. The molecule has 0 aliphatic rings. The molecule has 1 heterocycles. The van der Waals surface area contributed by atoms with Gasteiger partial charge in [-0.15, -0.1) is 0 Å². The fourth-order valence-electron chi connectivity index (χ4n) is 1.60. The van der Waals surface area contributed by atoms with Gasteiger partial charge in [-0.2, -0.15) is 0 Å². The number of nitrogens with two attached hydrogens (primary N) is 1. The van der Waals surface area contributed by atoms with Gasteiger partial charge in [-0.25, -0.2) is 4.98 Å². The van der Waals surface area contributed by atoms with Crippen LogP contribution in [-0.2, 0) is 0 Å². The second-order valence-electron chi connectivity index (χ2n) is 4.00. The van der Waals surface area contributed by atoms with Crippen LogP contribution in [0.5, 0.6) is 5.75 Å². The fourth-order valence-corrected chi connectivity index (χ4v) is 1.90. The van der Waals surface area contributed by atoms with Crippen LogP contribution in [0.25, 0.3) is 0 Å². The molecule has 0 radical (unpaired) electrons. The molecule has 0 amide bonds. The zero-order valence-corrected chi connectivity index (χ0v) is 12.0. The number of nitrogens with zero attached hydrogens (tertiary/aromatic N) is 1. The lowest BCUT2D eigenvalue weighted by molar-refractivity contribution is 0.416. The summed E-state index contributed by atoms with van der Waals surface area (Å²) in [5.74, 6) is 1.09. The number of benzene rings is 1. The van der Waals surface area contributed by atoms with Gasteiger partial charge in [0.1, 0.15) is 10.9 Å². The van der Waals surface area contributed by atoms with Crippen molar-refractivity contribution in [3.05, 3.63) is 40.0 Å². The van der Waals surface area contributed by atoms with Crippen LogP contribution in [0.2, 0.25) is 10.2 Å². The molecular weight excluding hydrogens is 285 g/mol. The quantitative estimate of drug-likeness (QED) is 0.840. The number of nitrogen functional groups attached to an aromatic ring is 1. The standard InChI is InChI=1S/C13H13Cl2N3O/c1-7-5-10(11(19-2)6-8(7)14)17-13-9(16)3-4-12(15)18-13/h3-6H,16H2,1-2H3,(H,17,18). The molecule has 3 N–H and O–H groups in total. The number of halogens is 2. The normalized spacial score (nSPS) is 10.3. The number of rotatable bonds is 3. The average molecular weight is 298 g/mol. The van der Waals surface area contributed by atoms with Gasteiger partial charge < -0.3 is 15.8 Å². The second-order valence-corrected chi connectivity index (χ2v) is 4.79. The molecule has 0 fully saturated rings. The first-order valence-electron chi connectivity index (χ1n) is 5.54. The number of pyridine rings is 1. The molecular formula is C13H13Cl2N3O. The summed E-state index contributed by atoms with van der Waals surface area (Å²) in [6.07, 6.45) is 0. The van der Waals surface area contributed by atoms with E-state index in [1.165, 1.54) is 0 Å². The van der Waals surface area contributed by atoms with E-state index in [-0.39, 0.29) is 0 Å². The first-order valence-corrected chi connectivity index (χ1v) is 6.30. The highest BCUT2D eigenvalue weighted by molar-refractivity contribution is 6.31. The van der Waals surface area contributed by atoms with Crippen LogP contribution < -0.4 is 15.8 Å². The molecule has 0 aliphatic heterocycles. The highest BCUT2D eigenvalue weighted by Gasteiger charge is 2.10. The smallest absolute Gasteiger partial charge is 0.155 e. The number of methoxy groups -OCH3 is 1. The number of nitrogens with one attached hydrogen (secondary N) is 1. The molecule has 0 saturated heterocycles. The Bertz CT molecular complexity index is 617. The van der Waals surface area contributed by atoms with Gasteiger partial charge in [0.15, 0.2) is 5.82 Å². The lowest BCUT2D eigenvalue weighted by Gasteiger charge is -2.14. The van der Waals surface area contributed by atoms with Crippen molar-refractivity contribution in [2.45, 2.75) is 6.92 Å². The minimum absolute atomic E-state index is 0.362. The minimum atomic E-state index is 0.362. The van der Waals surface area contributed by atoms with Crippen LogP contribution in [-0.4, -0.2) is 12.1 Å². The summed E-state index contributed by atoms with van der Waals surface area (Å²) in [6.45, 7) is 1.90. The summed E-state index contributed by atoms with van der Waals surface area (Å²) in [5.41, 5.74) is 7.99. The van der Waals surface area contributed by atoms with E-state index < -0.39 is 0 Å². The van der Waals surface area contributed by atoms with Crippen molar-refractivity contribution in [3.63, 3.8) is 0 Å². The van der Waals surface area contributed by atoms with Crippen molar-refractivity contribution in [2.24, 2.45) is 0 Å². The highest BCUT2D eigenvalue weighted by atomic mass is 35.5. The summed E-state index contributed by atoms with van der Waals surface area (Å²) >= 11 is 11.9. The summed E-state index contributed by atoms with van der Waals surface area (Å²) in [4.78, 5) is 4.14. The van der Waals surface area contributed by atoms with E-state index in [2.05, 4.69) is 10.3 Å². The number of aromatic nitrogens is 1.